The number of fused-ring (bicyclic) bond motifs is 1. The van der Waals surface area contributed by atoms with Crippen molar-refractivity contribution in [2.24, 2.45) is 0 Å². The Hall–Kier alpha value is -3.76. The van der Waals surface area contributed by atoms with Crippen LogP contribution in [-0.4, -0.2) is 48.7 Å². The first-order valence-electron chi connectivity index (χ1n) is 14.5. The van der Waals surface area contributed by atoms with Crippen LogP contribution in [0.3, 0.4) is 0 Å². The molecule has 1 aliphatic carbocycles. The number of sulfonamides is 1. The van der Waals surface area contributed by atoms with Gasteiger partial charge in [0.15, 0.2) is 0 Å². The molecule has 1 saturated carbocycles. The number of nitrogens with one attached hydrogen (secondary N) is 3. The van der Waals surface area contributed by atoms with E-state index >= 15 is 0 Å². The third kappa shape index (κ3) is 6.91. The summed E-state index contributed by atoms with van der Waals surface area (Å²) in [5.41, 5.74) is 5.95. The topological polar surface area (TPSA) is 122 Å². The van der Waals surface area contributed by atoms with Crippen LogP contribution in [0.1, 0.15) is 74.2 Å². The zero-order valence-corrected chi connectivity index (χ0v) is 26.4. The van der Waals surface area contributed by atoms with Crippen molar-refractivity contribution in [2.75, 3.05) is 18.9 Å². The van der Waals surface area contributed by atoms with Gasteiger partial charge in [-0.05, 0) is 94.3 Å². The maximum Gasteiger partial charge on any atom is 0.281 e. The maximum absolute atomic E-state index is 13.2. The van der Waals surface area contributed by atoms with Crippen LogP contribution in [0.4, 0.5) is 0 Å². The Labute approximate surface area is 257 Å². The summed E-state index contributed by atoms with van der Waals surface area (Å²) in [6, 6.07) is 13.5. The number of aromatic amines is 1. The van der Waals surface area contributed by atoms with Crippen LogP contribution < -0.4 is 14.8 Å². The number of rotatable bonds is 12. The summed E-state index contributed by atoms with van der Waals surface area (Å²) >= 11 is 6.26. The Morgan fingerprint density at radius 2 is 1.74 bits per heavy atom. The van der Waals surface area contributed by atoms with E-state index in [2.05, 4.69) is 19.6 Å². The Morgan fingerprint density at radius 1 is 1.05 bits per heavy atom. The molecule has 3 N–H and O–H groups in total. The molecule has 0 spiro atoms. The SMILES string of the molecule is Cc1cc(OCCCc2c(C(=O)NS(=O)(=O)CCNC(=O)c3cc(C)n(C4CC4)c3C)[nH]c3ccccc23)cc(C)c1Cl. The van der Waals surface area contributed by atoms with Crippen molar-refractivity contribution < 1.29 is 22.7 Å². The van der Waals surface area contributed by atoms with Crippen molar-refractivity contribution in [1.82, 2.24) is 19.6 Å². The Balaban J connectivity index is 1.20. The number of nitrogens with zero attached hydrogens (tertiary/aromatic N) is 1. The summed E-state index contributed by atoms with van der Waals surface area (Å²) in [4.78, 5) is 29.1. The number of para-hydroxylation sites is 1. The van der Waals surface area contributed by atoms with Crippen molar-refractivity contribution >= 4 is 44.3 Å². The molecule has 1 fully saturated rings. The molecular weight excluding hydrogens is 588 g/mol. The molecule has 2 heterocycles. The molecule has 228 valence electrons. The molecule has 5 rings (SSSR count). The molecule has 0 bridgehead atoms. The van der Waals surface area contributed by atoms with Gasteiger partial charge < -0.3 is 19.6 Å². The first-order chi connectivity index (χ1) is 20.4. The molecule has 0 saturated heterocycles. The molecule has 0 radical (unpaired) electrons. The summed E-state index contributed by atoms with van der Waals surface area (Å²) < 4.78 is 36.0. The van der Waals surface area contributed by atoms with Gasteiger partial charge in [-0.1, -0.05) is 29.8 Å². The number of amides is 2. The number of hydrogen-bond acceptors (Lipinski definition) is 5. The van der Waals surface area contributed by atoms with E-state index < -0.39 is 21.7 Å². The molecule has 2 aromatic heterocycles. The van der Waals surface area contributed by atoms with Gasteiger partial charge in [-0.2, -0.15) is 0 Å². The van der Waals surface area contributed by atoms with Crippen LogP contribution in [0.25, 0.3) is 10.9 Å². The molecule has 0 unspecified atom stereocenters. The Morgan fingerprint density at radius 3 is 2.44 bits per heavy atom. The summed E-state index contributed by atoms with van der Waals surface area (Å²) in [7, 11) is -4.03. The van der Waals surface area contributed by atoms with E-state index in [0.717, 1.165) is 57.6 Å². The molecule has 1 aliphatic rings. The number of benzene rings is 2. The second-order valence-corrected chi connectivity index (χ2v) is 13.5. The predicted octanol–water partition coefficient (Wildman–Crippen LogP) is 5.69. The van der Waals surface area contributed by atoms with E-state index in [1.807, 2.05) is 70.2 Å². The van der Waals surface area contributed by atoms with E-state index in [1.165, 1.54) is 0 Å². The van der Waals surface area contributed by atoms with Gasteiger partial charge in [0.05, 0.1) is 17.9 Å². The smallest absolute Gasteiger partial charge is 0.281 e. The highest BCUT2D eigenvalue weighted by molar-refractivity contribution is 7.90. The third-order valence-corrected chi connectivity index (χ3v) is 9.67. The molecule has 9 nitrogen and oxygen atoms in total. The highest BCUT2D eigenvalue weighted by Gasteiger charge is 2.28. The minimum absolute atomic E-state index is 0.130. The van der Waals surface area contributed by atoms with Crippen LogP contribution >= 0.6 is 11.6 Å². The van der Waals surface area contributed by atoms with E-state index in [0.29, 0.717) is 36.1 Å². The van der Waals surface area contributed by atoms with Gasteiger partial charge in [-0.3, -0.25) is 9.59 Å². The third-order valence-electron chi connectivity index (χ3n) is 7.84. The lowest BCUT2D eigenvalue weighted by Crippen LogP contribution is -2.38. The maximum atomic E-state index is 13.2. The molecule has 0 atom stereocenters. The summed E-state index contributed by atoms with van der Waals surface area (Å²) in [5, 5.41) is 4.25. The number of aromatic nitrogens is 2. The molecule has 11 heteroatoms. The number of carbonyl (C=O) groups excluding carboxylic acids is 2. The molecule has 2 amide bonds. The van der Waals surface area contributed by atoms with E-state index in [4.69, 9.17) is 16.3 Å². The fourth-order valence-corrected chi connectivity index (χ4v) is 6.59. The van der Waals surface area contributed by atoms with Crippen molar-refractivity contribution in [3.63, 3.8) is 0 Å². The second-order valence-electron chi connectivity index (χ2n) is 11.2. The van der Waals surface area contributed by atoms with Crippen LogP contribution in [0.2, 0.25) is 5.02 Å². The summed E-state index contributed by atoms with van der Waals surface area (Å²) in [6.45, 7) is 8.00. The van der Waals surface area contributed by atoms with Gasteiger partial charge in [0.25, 0.3) is 11.8 Å². The average Bonchev–Trinajstić information content (AvgIpc) is 3.64. The molecule has 43 heavy (non-hydrogen) atoms. The lowest BCUT2D eigenvalue weighted by Gasteiger charge is -2.11. The quantitative estimate of drug-likeness (QED) is 0.175. The van der Waals surface area contributed by atoms with Crippen LogP contribution in [0.5, 0.6) is 5.75 Å². The van der Waals surface area contributed by atoms with Crippen LogP contribution in [0, 0.1) is 27.7 Å². The van der Waals surface area contributed by atoms with Gasteiger partial charge in [0.2, 0.25) is 10.0 Å². The average molecular weight is 625 g/mol. The van der Waals surface area contributed by atoms with E-state index in [-0.39, 0.29) is 18.1 Å². The number of halogens is 1. The molecule has 4 aromatic rings. The normalized spacial score (nSPS) is 13.3. The van der Waals surface area contributed by atoms with Gasteiger partial charge in [-0.25, -0.2) is 13.1 Å². The largest absolute Gasteiger partial charge is 0.494 e. The van der Waals surface area contributed by atoms with Gasteiger partial charge >= 0.3 is 0 Å². The minimum Gasteiger partial charge on any atom is -0.494 e. The number of carbonyl (C=O) groups is 2. The molecule has 0 aliphatic heterocycles. The van der Waals surface area contributed by atoms with Crippen molar-refractivity contribution in [2.45, 2.75) is 59.4 Å². The fourth-order valence-electron chi connectivity index (χ4n) is 5.62. The zero-order valence-electron chi connectivity index (χ0n) is 24.8. The highest BCUT2D eigenvalue weighted by atomic mass is 35.5. The van der Waals surface area contributed by atoms with Crippen molar-refractivity contribution in [1.29, 1.82) is 0 Å². The highest BCUT2D eigenvalue weighted by Crippen LogP contribution is 2.38. The van der Waals surface area contributed by atoms with Crippen LogP contribution in [0.15, 0.2) is 42.5 Å². The van der Waals surface area contributed by atoms with Gasteiger partial charge in [-0.15, -0.1) is 0 Å². The predicted molar refractivity (Wildman–Crippen MR) is 169 cm³/mol. The number of aryl methyl sites for hydroxylation is 4. The van der Waals surface area contributed by atoms with Gasteiger partial charge in [0.1, 0.15) is 11.4 Å². The van der Waals surface area contributed by atoms with E-state index in [1.54, 1.807) is 0 Å². The van der Waals surface area contributed by atoms with E-state index in [9.17, 15) is 18.0 Å². The standard InChI is InChI=1S/C32H37ClN4O5S/c1-19-16-24(17-20(2)29(19)33)42-14-7-9-26-25-8-5-6-10-28(25)35-30(26)32(39)36-43(40,41)15-13-34-31(38)27-18-21(3)37(22(27)4)23-11-12-23/h5-6,8,10,16-18,23,35H,7,9,11-15H2,1-4H3,(H,34,38)(H,36,39). The Kier molecular flexibility index (Phi) is 8.89. The fraction of sp³-hybridized carbons (Fsp3) is 0.375. The van der Waals surface area contributed by atoms with Crippen molar-refractivity contribution in [3.05, 3.63) is 86.8 Å². The zero-order chi connectivity index (χ0) is 30.9. The Bertz CT molecular complexity index is 1780. The second kappa shape index (κ2) is 12.5. The number of ether oxygens (including phenoxy) is 1. The minimum atomic E-state index is -4.03. The molecular formula is C32H37ClN4O5S. The van der Waals surface area contributed by atoms with Gasteiger partial charge in [0, 0.05) is 39.9 Å². The first-order valence-corrected chi connectivity index (χ1v) is 16.5. The molecule has 2 aromatic carbocycles. The first kappa shape index (κ1) is 30.7. The summed E-state index contributed by atoms with van der Waals surface area (Å²) in [5.74, 6) is -0.781. The number of hydrogen-bond donors (Lipinski definition) is 3. The lowest BCUT2D eigenvalue weighted by molar-refractivity contribution is 0.0954. The van der Waals surface area contributed by atoms with Crippen LogP contribution in [-0.2, 0) is 16.4 Å². The summed E-state index contributed by atoms with van der Waals surface area (Å²) in [6.07, 6.45) is 3.30. The monoisotopic (exact) mass is 624 g/mol. The lowest BCUT2D eigenvalue weighted by atomic mass is 10.1. The number of H-pyrrole nitrogens is 1. The van der Waals surface area contributed by atoms with Crippen molar-refractivity contribution in [3.8, 4) is 5.75 Å².